The van der Waals surface area contributed by atoms with Crippen LogP contribution >= 0.6 is 11.6 Å². The fraction of sp³-hybridized carbons (Fsp3) is 0.500. The molecular weight excluding hydrogens is 314 g/mol. The van der Waals surface area contributed by atoms with E-state index in [2.05, 4.69) is 19.7 Å². The minimum atomic E-state index is -0.782. The second kappa shape index (κ2) is 6.93. The number of hydrogen-bond donors (Lipinski definition) is 0. The Hall–Kier alpha value is -1.52. The summed E-state index contributed by atoms with van der Waals surface area (Å²) in [6, 6.07) is -0.342. The first kappa shape index (κ1) is 19.5. The molecule has 0 bridgehead atoms. The van der Waals surface area contributed by atoms with Crippen LogP contribution in [0.2, 0.25) is 0 Å². The van der Waals surface area contributed by atoms with Crippen molar-refractivity contribution in [3.05, 3.63) is 48.1 Å². The van der Waals surface area contributed by atoms with Gasteiger partial charge in [0.05, 0.1) is 12.6 Å². The van der Waals surface area contributed by atoms with E-state index < -0.39 is 17.4 Å². The maximum atomic E-state index is 12.6. The summed E-state index contributed by atoms with van der Waals surface area (Å²) < 4.78 is 11.2. The Labute approximate surface area is 144 Å². The van der Waals surface area contributed by atoms with Gasteiger partial charge in [-0.2, -0.15) is 0 Å². The number of rotatable bonds is 4. The zero-order valence-corrected chi connectivity index (χ0v) is 15.4. The lowest BCUT2D eigenvalue weighted by molar-refractivity contribution is -0.0612. The van der Waals surface area contributed by atoms with Crippen molar-refractivity contribution in [2.24, 2.45) is 0 Å². The number of amides is 1. The van der Waals surface area contributed by atoms with Gasteiger partial charge in [-0.1, -0.05) is 37.4 Å². The van der Waals surface area contributed by atoms with Crippen LogP contribution in [-0.2, 0) is 9.47 Å². The molecule has 0 radical (unpaired) electrons. The highest BCUT2D eigenvalue weighted by Gasteiger charge is 2.46. The summed E-state index contributed by atoms with van der Waals surface area (Å²) in [5.41, 5.74) is -0.0341. The summed E-state index contributed by atoms with van der Waals surface area (Å²) in [5, 5.41) is 0.364. The third-order valence-corrected chi connectivity index (χ3v) is 3.60. The first-order chi connectivity index (χ1) is 10.4. The molecule has 1 rings (SSSR count). The van der Waals surface area contributed by atoms with Crippen molar-refractivity contribution >= 4 is 17.7 Å². The SMILES string of the molecule is C=C/C(=C/C(=C)C1COC(C)(C)N1C(=O)OC(C)(C)C)C(=C)Cl. The summed E-state index contributed by atoms with van der Waals surface area (Å²) >= 11 is 5.93. The Morgan fingerprint density at radius 3 is 2.39 bits per heavy atom. The van der Waals surface area contributed by atoms with Gasteiger partial charge in [-0.15, -0.1) is 0 Å². The highest BCUT2D eigenvalue weighted by atomic mass is 35.5. The smallest absolute Gasteiger partial charge is 0.413 e. The van der Waals surface area contributed by atoms with E-state index in [1.807, 2.05) is 34.6 Å². The topological polar surface area (TPSA) is 38.8 Å². The van der Waals surface area contributed by atoms with Crippen LogP contribution in [0.15, 0.2) is 48.1 Å². The molecule has 1 aliphatic rings. The number of hydrogen-bond acceptors (Lipinski definition) is 3. The van der Waals surface area contributed by atoms with Gasteiger partial charge in [-0.3, -0.25) is 4.90 Å². The summed E-state index contributed by atoms with van der Waals surface area (Å²) in [6.07, 6.45) is 2.92. The molecule has 0 aromatic carbocycles. The molecule has 0 aromatic rings. The highest BCUT2D eigenvalue weighted by Crippen LogP contribution is 2.33. The van der Waals surface area contributed by atoms with Crippen LogP contribution in [0.25, 0.3) is 0 Å². The summed E-state index contributed by atoms with van der Waals surface area (Å²) in [4.78, 5) is 14.1. The molecule has 1 unspecified atom stereocenters. The number of allylic oxidation sites excluding steroid dienone is 3. The largest absolute Gasteiger partial charge is 0.444 e. The number of ether oxygens (including phenoxy) is 2. The minimum Gasteiger partial charge on any atom is -0.444 e. The fourth-order valence-corrected chi connectivity index (χ4v) is 2.41. The Bertz CT molecular complexity index is 555. The van der Waals surface area contributed by atoms with Crippen molar-refractivity contribution in [1.29, 1.82) is 0 Å². The molecule has 23 heavy (non-hydrogen) atoms. The average Bonchev–Trinajstić information content (AvgIpc) is 2.68. The molecule has 0 N–H and O–H groups in total. The Balaban J connectivity index is 3.10. The molecule has 0 aliphatic carbocycles. The highest BCUT2D eigenvalue weighted by molar-refractivity contribution is 6.32. The van der Waals surface area contributed by atoms with Gasteiger partial charge in [0.2, 0.25) is 0 Å². The number of carbonyl (C=O) groups is 1. The van der Waals surface area contributed by atoms with Crippen LogP contribution in [-0.4, -0.2) is 35.0 Å². The minimum absolute atomic E-state index is 0.334. The third-order valence-electron chi connectivity index (χ3n) is 3.38. The van der Waals surface area contributed by atoms with Gasteiger partial charge < -0.3 is 9.47 Å². The van der Waals surface area contributed by atoms with Crippen LogP contribution in [0.4, 0.5) is 4.79 Å². The zero-order chi connectivity index (χ0) is 18.0. The molecule has 4 nitrogen and oxygen atoms in total. The van der Waals surface area contributed by atoms with E-state index >= 15 is 0 Å². The quantitative estimate of drug-likeness (QED) is 0.692. The van der Waals surface area contributed by atoms with Crippen molar-refractivity contribution in [2.75, 3.05) is 6.61 Å². The van der Waals surface area contributed by atoms with Crippen LogP contribution < -0.4 is 0 Å². The number of carbonyl (C=O) groups excluding carboxylic acids is 1. The van der Waals surface area contributed by atoms with Gasteiger partial charge in [0, 0.05) is 5.03 Å². The molecule has 0 aromatic heterocycles. The van der Waals surface area contributed by atoms with Crippen LogP contribution in [0.5, 0.6) is 0 Å². The third kappa shape index (κ3) is 4.98. The van der Waals surface area contributed by atoms with Crippen LogP contribution in [0.3, 0.4) is 0 Å². The molecule has 0 saturated carbocycles. The van der Waals surface area contributed by atoms with Gasteiger partial charge in [-0.05, 0) is 51.8 Å². The van der Waals surface area contributed by atoms with Crippen LogP contribution in [0.1, 0.15) is 34.6 Å². The predicted octanol–water partition coefficient (Wildman–Crippen LogP) is 4.78. The second-order valence-corrected chi connectivity index (χ2v) is 7.36. The molecule has 1 atom stereocenters. The van der Waals surface area contributed by atoms with Gasteiger partial charge in [0.25, 0.3) is 0 Å². The van der Waals surface area contributed by atoms with Gasteiger partial charge in [-0.25, -0.2) is 4.79 Å². The zero-order valence-electron chi connectivity index (χ0n) is 14.6. The van der Waals surface area contributed by atoms with Gasteiger partial charge in [0.1, 0.15) is 11.3 Å². The second-order valence-electron chi connectivity index (χ2n) is 6.91. The van der Waals surface area contributed by atoms with E-state index in [1.54, 1.807) is 17.1 Å². The van der Waals surface area contributed by atoms with E-state index in [4.69, 9.17) is 21.1 Å². The predicted molar refractivity (Wildman–Crippen MR) is 94.3 cm³/mol. The Morgan fingerprint density at radius 2 is 1.96 bits per heavy atom. The van der Waals surface area contributed by atoms with Crippen molar-refractivity contribution in [3.63, 3.8) is 0 Å². The summed E-state index contributed by atoms with van der Waals surface area (Å²) in [5.74, 6) is 0. The Morgan fingerprint density at radius 1 is 1.39 bits per heavy atom. The molecular formula is C18H26ClNO3. The lowest BCUT2D eigenvalue weighted by atomic mass is 10.0. The normalized spacial score (nSPS) is 21.0. The first-order valence-electron chi connectivity index (χ1n) is 7.43. The summed E-state index contributed by atoms with van der Waals surface area (Å²) in [7, 11) is 0. The van der Waals surface area contributed by atoms with Crippen molar-refractivity contribution < 1.29 is 14.3 Å². The molecule has 128 valence electrons. The lowest BCUT2D eigenvalue weighted by Gasteiger charge is -2.35. The van der Waals surface area contributed by atoms with E-state index in [0.717, 1.165) is 0 Å². The standard InChI is InChI=1S/C18H26ClNO3/c1-9-14(13(3)19)10-12(2)15-11-22-18(7,8)20(15)16(21)23-17(4,5)6/h9-10,15H,1-3,11H2,4-8H3/b14-10-. The molecule has 1 aliphatic heterocycles. The van der Waals surface area contributed by atoms with Crippen molar-refractivity contribution in [2.45, 2.75) is 52.0 Å². The fourth-order valence-electron chi connectivity index (χ4n) is 2.28. The van der Waals surface area contributed by atoms with E-state index in [0.29, 0.717) is 22.8 Å². The lowest BCUT2D eigenvalue weighted by Crippen LogP contribution is -2.50. The van der Waals surface area contributed by atoms with E-state index in [-0.39, 0.29) is 6.04 Å². The van der Waals surface area contributed by atoms with Crippen LogP contribution in [0, 0.1) is 0 Å². The molecule has 1 heterocycles. The summed E-state index contributed by atoms with van der Waals surface area (Å²) in [6.45, 7) is 20.9. The molecule has 0 spiro atoms. The maximum Gasteiger partial charge on any atom is 0.413 e. The Kier molecular flexibility index (Phi) is 5.89. The average molecular weight is 340 g/mol. The molecule has 1 saturated heterocycles. The maximum absolute atomic E-state index is 12.6. The number of halogens is 1. The molecule has 1 fully saturated rings. The first-order valence-corrected chi connectivity index (χ1v) is 7.81. The molecule has 1 amide bonds. The van der Waals surface area contributed by atoms with Crippen molar-refractivity contribution in [3.8, 4) is 0 Å². The number of nitrogens with zero attached hydrogens (tertiary/aromatic N) is 1. The van der Waals surface area contributed by atoms with Gasteiger partial charge in [0.15, 0.2) is 0 Å². The molecule has 5 heteroatoms. The van der Waals surface area contributed by atoms with E-state index in [1.165, 1.54) is 0 Å². The monoisotopic (exact) mass is 339 g/mol. The van der Waals surface area contributed by atoms with E-state index in [9.17, 15) is 4.79 Å². The van der Waals surface area contributed by atoms with Crippen molar-refractivity contribution in [1.82, 2.24) is 4.90 Å². The van der Waals surface area contributed by atoms with Gasteiger partial charge >= 0.3 is 6.09 Å².